The van der Waals surface area contributed by atoms with Crippen LogP contribution in [0.2, 0.25) is 0 Å². The maximum Gasteiger partial charge on any atom is 0.256 e. The number of hydrogen-bond donors (Lipinski definition) is 2. The molecule has 7 heteroatoms. The zero-order valence-corrected chi connectivity index (χ0v) is 15.5. The molecule has 134 valence electrons. The van der Waals surface area contributed by atoms with Gasteiger partial charge < -0.3 is 4.98 Å². The summed E-state index contributed by atoms with van der Waals surface area (Å²) in [6, 6.07) is 12.9. The molecule has 0 radical (unpaired) electrons. The Labute approximate surface area is 156 Å². The third-order valence-corrected chi connectivity index (χ3v) is 6.24. The van der Waals surface area contributed by atoms with Crippen LogP contribution in [-0.2, 0) is 16.4 Å². The first-order valence-electron chi connectivity index (χ1n) is 8.32. The Morgan fingerprint density at radius 3 is 2.65 bits per heavy atom. The summed E-state index contributed by atoms with van der Waals surface area (Å²) >= 11 is 5.58. The van der Waals surface area contributed by atoms with Crippen molar-refractivity contribution in [2.75, 3.05) is 16.4 Å². The second kappa shape index (κ2) is 6.45. The number of sulfonamides is 1. The van der Waals surface area contributed by atoms with Gasteiger partial charge in [-0.1, -0.05) is 24.3 Å². The average Bonchev–Trinajstić information content (AvgIpc) is 2.98. The van der Waals surface area contributed by atoms with Crippen LogP contribution in [0.3, 0.4) is 0 Å². The van der Waals surface area contributed by atoms with Gasteiger partial charge in [0.1, 0.15) is 0 Å². The van der Waals surface area contributed by atoms with E-state index >= 15 is 0 Å². The number of anilines is 1. The molecule has 0 amide bonds. The summed E-state index contributed by atoms with van der Waals surface area (Å²) in [5.41, 5.74) is 4.23. The van der Waals surface area contributed by atoms with Gasteiger partial charge in [0.05, 0.1) is 11.4 Å². The van der Waals surface area contributed by atoms with Crippen LogP contribution in [0.15, 0.2) is 47.3 Å². The van der Waals surface area contributed by atoms with Crippen LogP contribution < -0.4 is 10.3 Å². The zero-order chi connectivity index (χ0) is 18.3. The number of H-pyrrole nitrogens is 1. The van der Waals surface area contributed by atoms with Crippen LogP contribution >= 0.6 is 11.6 Å². The zero-order valence-electron chi connectivity index (χ0n) is 13.9. The van der Waals surface area contributed by atoms with Gasteiger partial charge in [0, 0.05) is 28.9 Å². The number of aromatic amines is 1. The van der Waals surface area contributed by atoms with Crippen molar-refractivity contribution in [2.45, 2.75) is 12.8 Å². The second-order valence-electron chi connectivity index (χ2n) is 6.37. The van der Waals surface area contributed by atoms with Crippen LogP contribution in [-0.4, -0.2) is 25.0 Å². The topological polar surface area (TPSA) is 79.0 Å². The lowest BCUT2D eigenvalue weighted by Gasteiger charge is -2.09. The maximum absolute atomic E-state index is 12.3. The normalized spacial score (nSPS) is 12.8. The molecule has 0 aliphatic heterocycles. The molecule has 0 fully saturated rings. The molecule has 4 rings (SSSR count). The number of alkyl halides is 1. The average molecular weight is 389 g/mol. The standard InChI is InChI=1S/C19H17ClN2O3S/c20-8-3-9-26(24,25)22-13-6-7-14-12(10-13)11-17-15-4-1-2-5-16(15)19(23)21-18(14)17/h1-2,4-7,10,22H,3,8-9,11H2,(H,21,23). The van der Waals surface area contributed by atoms with Crippen LogP contribution in [0.4, 0.5) is 5.69 Å². The van der Waals surface area contributed by atoms with E-state index in [1.807, 2.05) is 36.4 Å². The Morgan fingerprint density at radius 2 is 1.88 bits per heavy atom. The van der Waals surface area contributed by atoms with E-state index in [1.54, 1.807) is 6.07 Å². The Kier molecular flexibility index (Phi) is 4.25. The van der Waals surface area contributed by atoms with Crippen molar-refractivity contribution in [1.29, 1.82) is 0 Å². The minimum absolute atomic E-state index is 0.00817. The number of benzene rings is 2. The number of halogens is 1. The van der Waals surface area contributed by atoms with Crippen LogP contribution in [0.5, 0.6) is 0 Å². The van der Waals surface area contributed by atoms with Gasteiger partial charge >= 0.3 is 0 Å². The second-order valence-corrected chi connectivity index (χ2v) is 8.59. The Hall–Kier alpha value is -2.31. The van der Waals surface area contributed by atoms with Crippen LogP contribution in [0, 0.1) is 0 Å². The molecule has 0 saturated heterocycles. The third-order valence-electron chi connectivity index (χ3n) is 4.60. The molecule has 0 atom stereocenters. The van der Waals surface area contributed by atoms with E-state index < -0.39 is 10.0 Å². The molecule has 5 nitrogen and oxygen atoms in total. The van der Waals surface area contributed by atoms with Crippen molar-refractivity contribution >= 4 is 38.1 Å². The SMILES string of the molecule is O=c1[nH]c2c(c3ccccc13)Cc1cc(NS(=O)(=O)CCCCl)ccc1-2. The summed E-state index contributed by atoms with van der Waals surface area (Å²) in [5, 5.41) is 1.60. The molecule has 3 aromatic rings. The Morgan fingerprint density at radius 1 is 1.12 bits per heavy atom. The van der Waals surface area contributed by atoms with E-state index in [0.29, 0.717) is 29.8 Å². The van der Waals surface area contributed by atoms with Gasteiger partial charge in [-0.15, -0.1) is 11.6 Å². The largest absolute Gasteiger partial charge is 0.321 e. The summed E-state index contributed by atoms with van der Waals surface area (Å²) in [6.45, 7) is 0. The van der Waals surface area contributed by atoms with Gasteiger partial charge in [-0.25, -0.2) is 8.42 Å². The van der Waals surface area contributed by atoms with E-state index in [1.165, 1.54) is 0 Å². The predicted octanol–water partition coefficient (Wildman–Crippen LogP) is 3.47. The monoisotopic (exact) mass is 388 g/mol. The van der Waals surface area contributed by atoms with Gasteiger partial charge in [-0.05, 0) is 41.1 Å². The number of fused-ring (bicyclic) bond motifs is 5. The summed E-state index contributed by atoms with van der Waals surface area (Å²) in [7, 11) is -3.42. The molecule has 0 spiro atoms. The van der Waals surface area contributed by atoms with Gasteiger partial charge in [-0.2, -0.15) is 0 Å². The summed E-state index contributed by atoms with van der Waals surface area (Å²) in [4.78, 5) is 15.3. The fourth-order valence-corrected chi connectivity index (χ4v) is 4.87. The molecular weight excluding hydrogens is 372 g/mol. The Bertz CT molecular complexity index is 1170. The van der Waals surface area contributed by atoms with Crippen molar-refractivity contribution in [1.82, 2.24) is 4.98 Å². The number of nitrogens with one attached hydrogen (secondary N) is 2. The van der Waals surface area contributed by atoms with E-state index in [9.17, 15) is 13.2 Å². The molecule has 0 bridgehead atoms. The molecule has 1 aliphatic rings. The van der Waals surface area contributed by atoms with Gasteiger partial charge in [0.25, 0.3) is 5.56 Å². The highest BCUT2D eigenvalue weighted by atomic mass is 35.5. The minimum atomic E-state index is -3.42. The molecular formula is C19H17ClN2O3S. The number of pyridine rings is 1. The highest BCUT2D eigenvalue weighted by molar-refractivity contribution is 7.92. The molecule has 0 saturated carbocycles. The lowest BCUT2D eigenvalue weighted by atomic mass is 10.0. The molecule has 0 unspecified atom stereocenters. The lowest BCUT2D eigenvalue weighted by molar-refractivity contribution is 0.600. The number of rotatable bonds is 5. The number of hydrogen-bond acceptors (Lipinski definition) is 3. The quantitative estimate of drug-likeness (QED) is 0.514. The maximum atomic E-state index is 12.3. The first-order chi connectivity index (χ1) is 12.5. The lowest BCUT2D eigenvalue weighted by Crippen LogP contribution is -2.17. The van der Waals surface area contributed by atoms with Crippen molar-refractivity contribution in [3.63, 3.8) is 0 Å². The van der Waals surface area contributed by atoms with Crippen molar-refractivity contribution < 1.29 is 8.42 Å². The van der Waals surface area contributed by atoms with E-state index in [2.05, 4.69) is 9.71 Å². The molecule has 2 aromatic carbocycles. The first-order valence-corrected chi connectivity index (χ1v) is 10.5. The predicted molar refractivity (Wildman–Crippen MR) is 106 cm³/mol. The summed E-state index contributed by atoms with van der Waals surface area (Å²) in [5.74, 6) is 0.298. The fourth-order valence-electron chi connectivity index (χ4n) is 3.46. The molecule has 2 N–H and O–H groups in total. The van der Waals surface area contributed by atoms with Gasteiger partial charge in [0.2, 0.25) is 10.0 Å². The smallest absolute Gasteiger partial charge is 0.256 e. The number of aromatic nitrogens is 1. The van der Waals surface area contributed by atoms with E-state index in [-0.39, 0.29) is 11.3 Å². The van der Waals surface area contributed by atoms with E-state index in [4.69, 9.17) is 11.6 Å². The molecule has 1 heterocycles. The fraction of sp³-hybridized carbons (Fsp3) is 0.211. The van der Waals surface area contributed by atoms with Crippen molar-refractivity contribution in [3.05, 3.63) is 63.9 Å². The minimum Gasteiger partial charge on any atom is -0.321 e. The first kappa shape index (κ1) is 17.1. The van der Waals surface area contributed by atoms with Gasteiger partial charge in [0.15, 0.2) is 0 Å². The molecule has 1 aliphatic carbocycles. The van der Waals surface area contributed by atoms with Crippen LogP contribution in [0.25, 0.3) is 22.0 Å². The van der Waals surface area contributed by atoms with E-state index in [0.717, 1.165) is 27.8 Å². The molecule has 26 heavy (non-hydrogen) atoms. The Balaban J connectivity index is 1.73. The highest BCUT2D eigenvalue weighted by Gasteiger charge is 2.23. The summed E-state index contributed by atoms with van der Waals surface area (Å²) in [6.07, 6.45) is 1.06. The molecule has 1 aromatic heterocycles. The third kappa shape index (κ3) is 2.99. The summed E-state index contributed by atoms with van der Waals surface area (Å²) < 4.78 is 26.8. The van der Waals surface area contributed by atoms with Gasteiger partial charge in [-0.3, -0.25) is 9.52 Å². The van der Waals surface area contributed by atoms with Crippen LogP contribution in [0.1, 0.15) is 17.5 Å². The van der Waals surface area contributed by atoms with Crippen molar-refractivity contribution in [3.8, 4) is 11.3 Å². The highest BCUT2D eigenvalue weighted by Crippen LogP contribution is 2.38. The van der Waals surface area contributed by atoms with Crippen molar-refractivity contribution in [2.24, 2.45) is 0 Å².